The zero-order valence-electron chi connectivity index (χ0n) is 18.1. The SMILES string of the molecule is COc1ccc([C@H]2[C@@H](C)C(C(=O)[NH+]([O-])N3CCCCC3)=NN2c2ccc(Cl)cc2Cl)cc1. The molecule has 1 saturated heterocycles. The Morgan fingerprint density at radius 2 is 1.81 bits per heavy atom. The largest absolute Gasteiger partial charge is 0.605 e. The van der Waals surface area contributed by atoms with Gasteiger partial charge < -0.3 is 9.94 Å². The molecule has 0 aliphatic carbocycles. The monoisotopic (exact) mass is 476 g/mol. The Kier molecular flexibility index (Phi) is 7.02. The molecule has 0 radical (unpaired) electrons. The number of hydroxylamine groups is 1. The van der Waals surface area contributed by atoms with Crippen LogP contribution in [0.25, 0.3) is 0 Å². The molecule has 170 valence electrons. The highest BCUT2D eigenvalue weighted by molar-refractivity contribution is 6.38. The number of piperidine rings is 1. The minimum Gasteiger partial charge on any atom is -0.605 e. The topological polar surface area (TPSA) is 72.6 Å². The van der Waals surface area contributed by atoms with Gasteiger partial charge in [-0.3, -0.25) is 5.01 Å². The van der Waals surface area contributed by atoms with Crippen molar-refractivity contribution in [3.63, 3.8) is 0 Å². The molecule has 2 aromatic carbocycles. The number of quaternary nitrogens is 1. The molecule has 0 bridgehead atoms. The van der Waals surface area contributed by atoms with Gasteiger partial charge in [-0.05, 0) is 48.7 Å². The Hall–Kier alpha value is -2.16. The molecule has 0 aromatic heterocycles. The fourth-order valence-electron chi connectivity index (χ4n) is 4.33. The number of carbonyl (C=O) groups is 1. The number of carbonyl (C=O) groups excluding carboxylic acids is 1. The number of nitrogens with one attached hydrogen (secondary N) is 1. The molecule has 0 spiro atoms. The third-order valence-electron chi connectivity index (χ3n) is 6.07. The highest BCUT2D eigenvalue weighted by atomic mass is 35.5. The summed E-state index contributed by atoms with van der Waals surface area (Å²) in [5.74, 6) is -0.144. The molecule has 1 amide bonds. The Bertz CT molecular complexity index is 1010. The molecule has 0 saturated carbocycles. The second-order valence-corrected chi connectivity index (χ2v) is 8.96. The zero-order valence-corrected chi connectivity index (χ0v) is 19.6. The highest BCUT2D eigenvalue weighted by Gasteiger charge is 2.43. The van der Waals surface area contributed by atoms with Crippen LogP contribution >= 0.6 is 23.2 Å². The molecule has 3 atom stereocenters. The number of amides is 1. The van der Waals surface area contributed by atoms with Gasteiger partial charge in [0, 0.05) is 24.0 Å². The molecule has 2 aromatic rings. The second kappa shape index (κ2) is 9.77. The minimum atomic E-state index is -0.550. The summed E-state index contributed by atoms with van der Waals surface area (Å²) in [5, 5.41) is 21.4. The first-order chi connectivity index (χ1) is 15.4. The van der Waals surface area contributed by atoms with E-state index in [1.54, 1.807) is 35.3 Å². The predicted molar refractivity (Wildman–Crippen MR) is 126 cm³/mol. The lowest BCUT2D eigenvalue weighted by molar-refractivity contribution is -0.897. The van der Waals surface area contributed by atoms with E-state index in [2.05, 4.69) is 5.10 Å². The summed E-state index contributed by atoms with van der Waals surface area (Å²) in [6.45, 7) is 3.14. The summed E-state index contributed by atoms with van der Waals surface area (Å²) in [6.07, 6.45) is 2.92. The van der Waals surface area contributed by atoms with Crippen molar-refractivity contribution in [2.45, 2.75) is 32.2 Å². The van der Waals surface area contributed by atoms with Crippen LogP contribution in [-0.2, 0) is 4.79 Å². The first-order valence-corrected chi connectivity index (χ1v) is 11.5. The Labute approximate surface area is 197 Å². The maximum Gasteiger partial charge on any atom is 0.380 e. The highest BCUT2D eigenvalue weighted by Crippen LogP contribution is 2.42. The first kappa shape index (κ1) is 23.0. The third-order valence-corrected chi connectivity index (χ3v) is 6.61. The lowest BCUT2D eigenvalue weighted by Crippen LogP contribution is -3.17. The van der Waals surface area contributed by atoms with Crippen LogP contribution in [0.5, 0.6) is 5.75 Å². The summed E-state index contributed by atoms with van der Waals surface area (Å²) in [4.78, 5) is 13.2. The van der Waals surface area contributed by atoms with Crippen molar-refractivity contribution in [3.05, 3.63) is 63.3 Å². The van der Waals surface area contributed by atoms with Crippen LogP contribution in [-0.4, -0.2) is 36.8 Å². The van der Waals surface area contributed by atoms with E-state index in [-0.39, 0.29) is 17.7 Å². The Morgan fingerprint density at radius 3 is 2.44 bits per heavy atom. The van der Waals surface area contributed by atoms with Gasteiger partial charge >= 0.3 is 5.91 Å². The van der Waals surface area contributed by atoms with Crippen LogP contribution in [0.4, 0.5) is 5.69 Å². The van der Waals surface area contributed by atoms with Crippen molar-refractivity contribution in [3.8, 4) is 5.75 Å². The molecule has 9 heteroatoms. The van der Waals surface area contributed by atoms with Crippen molar-refractivity contribution in [2.24, 2.45) is 11.0 Å². The normalized spacial score (nSPS) is 22.5. The molecular formula is C23H26Cl2N4O3. The van der Waals surface area contributed by atoms with Crippen molar-refractivity contribution < 1.29 is 14.7 Å². The molecular weight excluding hydrogens is 451 g/mol. The van der Waals surface area contributed by atoms with E-state index in [9.17, 15) is 10.0 Å². The van der Waals surface area contributed by atoms with Crippen molar-refractivity contribution in [1.82, 2.24) is 5.01 Å². The minimum absolute atomic E-state index is 0.243. The van der Waals surface area contributed by atoms with E-state index >= 15 is 0 Å². The van der Waals surface area contributed by atoms with E-state index in [1.807, 2.05) is 31.2 Å². The average molecular weight is 477 g/mol. The number of halogens is 2. The van der Waals surface area contributed by atoms with Crippen LogP contribution in [0.3, 0.4) is 0 Å². The molecule has 1 fully saturated rings. The smallest absolute Gasteiger partial charge is 0.380 e. The van der Waals surface area contributed by atoms with Gasteiger partial charge in [-0.1, -0.05) is 48.7 Å². The van der Waals surface area contributed by atoms with Crippen LogP contribution in [0, 0.1) is 11.1 Å². The summed E-state index contributed by atoms with van der Waals surface area (Å²) in [7, 11) is 1.61. The van der Waals surface area contributed by atoms with Gasteiger partial charge in [-0.15, -0.1) is 5.01 Å². The molecule has 2 heterocycles. The van der Waals surface area contributed by atoms with Crippen LogP contribution in [0.2, 0.25) is 10.0 Å². The number of benzene rings is 2. The van der Waals surface area contributed by atoms with Crippen LogP contribution in [0.15, 0.2) is 47.6 Å². The van der Waals surface area contributed by atoms with Gasteiger partial charge in [0.1, 0.15) is 5.75 Å². The fourth-order valence-corrected chi connectivity index (χ4v) is 4.83. The van der Waals surface area contributed by atoms with Crippen molar-refractivity contribution in [1.29, 1.82) is 0 Å². The lowest BCUT2D eigenvalue weighted by Gasteiger charge is -2.34. The van der Waals surface area contributed by atoms with Gasteiger partial charge in [0.15, 0.2) is 5.71 Å². The van der Waals surface area contributed by atoms with E-state index in [0.717, 1.165) is 30.6 Å². The van der Waals surface area contributed by atoms with Gasteiger partial charge in [0.25, 0.3) is 0 Å². The third kappa shape index (κ3) is 4.49. The number of hydrogen-bond acceptors (Lipinski definition) is 6. The summed E-state index contributed by atoms with van der Waals surface area (Å²) < 4.78 is 5.28. The molecule has 1 N–H and O–H groups in total. The predicted octanol–water partition coefficient (Wildman–Crippen LogP) is 3.87. The second-order valence-electron chi connectivity index (χ2n) is 8.11. The van der Waals surface area contributed by atoms with Gasteiger partial charge in [0.2, 0.25) is 0 Å². The summed E-state index contributed by atoms with van der Waals surface area (Å²) in [5.41, 5.74) is 1.80. The first-order valence-electron chi connectivity index (χ1n) is 10.7. The number of rotatable bonds is 5. The quantitative estimate of drug-likeness (QED) is 0.663. The molecule has 4 rings (SSSR count). The van der Waals surface area contributed by atoms with Crippen LogP contribution in [0.1, 0.15) is 37.8 Å². The number of methoxy groups -OCH3 is 1. The van der Waals surface area contributed by atoms with Crippen molar-refractivity contribution >= 4 is 40.5 Å². The van der Waals surface area contributed by atoms with Gasteiger partial charge in [-0.25, -0.2) is 9.97 Å². The lowest BCUT2D eigenvalue weighted by atomic mass is 9.91. The number of anilines is 1. The van der Waals surface area contributed by atoms with Gasteiger partial charge in [-0.2, -0.15) is 5.10 Å². The Morgan fingerprint density at radius 1 is 1.12 bits per heavy atom. The van der Waals surface area contributed by atoms with E-state index in [0.29, 0.717) is 28.8 Å². The molecule has 32 heavy (non-hydrogen) atoms. The number of ether oxygens (including phenoxy) is 1. The number of hydrogen-bond donors (Lipinski definition) is 1. The summed E-state index contributed by atoms with van der Waals surface area (Å²) in [6, 6.07) is 12.4. The maximum atomic E-state index is 13.2. The fraction of sp³-hybridized carbons (Fsp3) is 0.391. The molecule has 7 nitrogen and oxygen atoms in total. The van der Waals surface area contributed by atoms with Crippen LogP contribution < -0.4 is 14.9 Å². The summed E-state index contributed by atoms with van der Waals surface area (Å²) >= 11 is 12.6. The molecule has 2 aliphatic heterocycles. The van der Waals surface area contributed by atoms with E-state index in [1.165, 1.54) is 0 Å². The molecule has 1 unspecified atom stereocenters. The van der Waals surface area contributed by atoms with E-state index < -0.39 is 11.1 Å². The standard InChI is InChI=1S/C23H26Cl2N4O3/c1-15-21(23(30)29(31)27-12-4-3-5-13-27)26-28(20-11-8-17(24)14-19(20)25)22(15)16-6-9-18(32-2)10-7-16/h6-11,14-15,22,29H,3-5,12-13H2,1-2H3/t15-,22+/m0/s1. The maximum absolute atomic E-state index is 13.2. The average Bonchev–Trinajstić information content (AvgIpc) is 3.15. The Balaban J connectivity index is 1.71. The number of nitrogens with zero attached hydrogens (tertiary/aromatic N) is 3. The van der Waals surface area contributed by atoms with E-state index in [4.69, 9.17) is 27.9 Å². The number of hydrazone groups is 1. The zero-order chi connectivity index (χ0) is 22.8. The van der Waals surface area contributed by atoms with Crippen molar-refractivity contribution in [2.75, 3.05) is 25.2 Å². The van der Waals surface area contributed by atoms with Gasteiger partial charge in [0.05, 0.1) is 23.9 Å². The molecule has 2 aliphatic rings.